The summed E-state index contributed by atoms with van der Waals surface area (Å²) in [5.41, 5.74) is 2.33. The third-order valence-corrected chi connectivity index (χ3v) is 5.44. The van der Waals surface area contributed by atoms with E-state index in [1.807, 2.05) is 12.1 Å². The van der Waals surface area contributed by atoms with Crippen molar-refractivity contribution < 1.29 is 18.8 Å². The molecule has 1 saturated heterocycles. The van der Waals surface area contributed by atoms with Crippen LogP contribution in [-0.4, -0.2) is 56.0 Å². The Hall–Kier alpha value is -2.45. The Labute approximate surface area is 172 Å². The molecule has 1 amide bonds. The van der Waals surface area contributed by atoms with E-state index in [2.05, 4.69) is 17.8 Å². The molecule has 0 unspecified atom stereocenters. The van der Waals surface area contributed by atoms with Crippen LogP contribution in [0.15, 0.2) is 30.3 Å². The van der Waals surface area contributed by atoms with Crippen LogP contribution in [0.4, 0.5) is 4.39 Å². The summed E-state index contributed by atoms with van der Waals surface area (Å²) in [7, 11) is 5.00. The summed E-state index contributed by atoms with van der Waals surface area (Å²) in [6.45, 7) is 3.93. The Balaban J connectivity index is 1.69. The number of amides is 1. The maximum atomic E-state index is 14.6. The predicted octanol–water partition coefficient (Wildman–Crippen LogP) is 2.47. The lowest BCUT2D eigenvalue weighted by molar-refractivity contribution is -0.0757. The molecule has 8 heteroatoms. The van der Waals surface area contributed by atoms with E-state index < -0.39 is 11.7 Å². The van der Waals surface area contributed by atoms with Crippen molar-refractivity contribution in [2.24, 2.45) is 0 Å². The van der Waals surface area contributed by atoms with Crippen LogP contribution in [0.1, 0.15) is 45.9 Å². The Morgan fingerprint density at radius 3 is 2.76 bits per heavy atom. The molecule has 1 fully saturated rings. The SMILES string of the molecule is BN1CCC(c2cccc(OCc3cc(C)c(C(=O)N(C)OC)cc3F)n2)CC1. The standard InChI is InChI=1S/C21H27BFN3O3/c1-14-11-16(18(23)12-17(14)21(27)25(2)28-3)13-29-20-6-4-5-19(24-20)15-7-9-26(22)10-8-15/h4-6,11-12,15H,7-10,13,22H2,1-3H3. The zero-order valence-electron chi connectivity index (χ0n) is 17.4. The van der Waals surface area contributed by atoms with Gasteiger partial charge in [0.25, 0.3) is 5.91 Å². The first kappa shape index (κ1) is 21.3. The van der Waals surface area contributed by atoms with Gasteiger partial charge in [-0.25, -0.2) is 14.4 Å². The molecular formula is C21H27BFN3O3. The monoisotopic (exact) mass is 399 g/mol. The van der Waals surface area contributed by atoms with Gasteiger partial charge in [-0.1, -0.05) is 6.07 Å². The first-order valence-corrected chi connectivity index (χ1v) is 9.78. The summed E-state index contributed by atoms with van der Waals surface area (Å²) < 4.78 is 20.3. The topological polar surface area (TPSA) is 54.9 Å². The van der Waals surface area contributed by atoms with Crippen LogP contribution in [0.5, 0.6) is 5.88 Å². The molecule has 154 valence electrons. The first-order valence-electron chi connectivity index (χ1n) is 9.78. The molecule has 1 aromatic heterocycles. The molecule has 6 nitrogen and oxygen atoms in total. The normalized spacial score (nSPS) is 15.3. The zero-order valence-corrected chi connectivity index (χ0v) is 17.4. The first-order chi connectivity index (χ1) is 13.9. The quantitative estimate of drug-likeness (QED) is 0.552. The number of pyridine rings is 1. The Morgan fingerprint density at radius 2 is 2.07 bits per heavy atom. The highest BCUT2D eigenvalue weighted by Gasteiger charge is 2.20. The smallest absolute Gasteiger partial charge is 0.277 e. The molecular weight excluding hydrogens is 372 g/mol. The van der Waals surface area contributed by atoms with Crippen molar-refractivity contribution >= 4 is 13.9 Å². The van der Waals surface area contributed by atoms with Crippen LogP contribution in [0.2, 0.25) is 0 Å². The Morgan fingerprint density at radius 1 is 1.34 bits per heavy atom. The lowest BCUT2D eigenvalue weighted by Gasteiger charge is -2.29. The van der Waals surface area contributed by atoms with Crippen molar-refractivity contribution in [3.05, 3.63) is 58.5 Å². The van der Waals surface area contributed by atoms with Crippen molar-refractivity contribution in [3.63, 3.8) is 0 Å². The van der Waals surface area contributed by atoms with E-state index in [0.717, 1.165) is 36.7 Å². The number of benzene rings is 1. The van der Waals surface area contributed by atoms with E-state index in [1.54, 1.807) is 19.1 Å². The molecule has 1 aliphatic rings. The van der Waals surface area contributed by atoms with Gasteiger partial charge in [0.15, 0.2) is 7.98 Å². The number of hydrogen-bond donors (Lipinski definition) is 0. The fraction of sp³-hybridized carbons (Fsp3) is 0.429. The number of carbonyl (C=O) groups is 1. The Bertz CT molecular complexity index is 872. The van der Waals surface area contributed by atoms with Gasteiger partial charge in [0.2, 0.25) is 5.88 Å². The summed E-state index contributed by atoms with van der Waals surface area (Å²) in [4.78, 5) is 24.1. The number of carbonyl (C=O) groups excluding carboxylic acids is 1. The fourth-order valence-electron chi connectivity index (χ4n) is 3.53. The minimum absolute atomic E-state index is 0.0467. The molecule has 3 rings (SSSR count). The molecule has 2 aromatic rings. The average molecular weight is 399 g/mol. The number of hydroxylamine groups is 2. The minimum Gasteiger partial charge on any atom is -0.473 e. The molecule has 1 aromatic carbocycles. The van der Waals surface area contributed by atoms with Crippen LogP contribution in [-0.2, 0) is 11.4 Å². The largest absolute Gasteiger partial charge is 0.473 e. The number of nitrogens with zero attached hydrogens (tertiary/aromatic N) is 3. The van der Waals surface area contributed by atoms with Crippen molar-refractivity contribution in [2.75, 3.05) is 27.2 Å². The maximum absolute atomic E-state index is 14.6. The van der Waals surface area contributed by atoms with Crippen LogP contribution in [0, 0.1) is 12.7 Å². The number of piperidine rings is 1. The molecule has 0 saturated carbocycles. The number of aryl methyl sites for hydroxylation is 1. The van der Waals surface area contributed by atoms with Gasteiger partial charge in [-0.3, -0.25) is 9.63 Å². The lowest BCUT2D eigenvalue weighted by Crippen LogP contribution is -2.30. The second-order valence-corrected chi connectivity index (χ2v) is 7.51. The van der Waals surface area contributed by atoms with E-state index in [0.29, 0.717) is 22.9 Å². The van der Waals surface area contributed by atoms with Crippen LogP contribution >= 0.6 is 0 Å². The van der Waals surface area contributed by atoms with Gasteiger partial charge in [-0.05, 0) is 56.6 Å². The van der Waals surface area contributed by atoms with Gasteiger partial charge in [0.05, 0.1) is 7.11 Å². The van der Waals surface area contributed by atoms with Crippen molar-refractivity contribution in [1.29, 1.82) is 0 Å². The van der Waals surface area contributed by atoms with Crippen LogP contribution < -0.4 is 4.74 Å². The van der Waals surface area contributed by atoms with Crippen molar-refractivity contribution in [2.45, 2.75) is 32.3 Å². The van der Waals surface area contributed by atoms with E-state index in [4.69, 9.17) is 9.57 Å². The molecule has 1 aliphatic heterocycles. The summed E-state index contributed by atoms with van der Waals surface area (Å²) in [5.74, 6) is 0.0216. The van der Waals surface area contributed by atoms with Crippen molar-refractivity contribution in [1.82, 2.24) is 14.9 Å². The summed E-state index contributed by atoms with van der Waals surface area (Å²) in [6, 6.07) is 8.61. The molecule has 0 spiro atoms. The molecule has 0 atom stereocenters. The highest BCUT2D eigenvalue weighted by molar-refractivity contribution is 6.04. The van der Waals surface area contributed by atoms with E-state index in [1.165, 1.54) is 20.2 Å². The second kappa shape index (κ2) is 9.37. The number of aromatic nitrogens is 1. The van der Waals surface area contributed by atoms with E-state index in [-0.39, 0.29) is 12.2 Å². The zero-order chi connectivity index (χ0) is 21.0. The molecule has 0 radical (unpaired) electrons. The summed E-state index contributed by atoms with van der Waals surface area (Å²) in [6.07, 6.45) is 2.15. The van der Waals surface area contributed by atoms with Gasteiger partial charge in [0.1, 0.15) is 12.4 Å². The summed E-state index contributed by atoms with van der Waals surface area (Å²) in [5, 5.41) is 1.07. The molecule has 0 bridgehead atoms. The van der Waals surface area contributed by atoms with Crippen LogP contribution in [0.25, 0.3) is 0 Å². The van der Waals surface area contributed by atoms with Gasteiger partial charge < -0.3 is 9.55 Å². The average Bonchev–Trinajstić information content (AvgIpc) is 2.73. The molecule has 0 aliphatic carbocycles. The minimum atomic E-state index is -0.491. The van der Waals surface area contributed by atoms with Gasteiger partial charge in [-0.15, -0.1) is 0 Å². The fourth-order valence-corrected chi connectivity index (χ4v) is 3.53. The highest BCUT2D eigenvalue weighted by Crippen LogP contribution is 2.27. The third-order valence-electron chi connectivity index (χ3n) is 5.44. The number of hydrogen-bond acceptors (Lipinski definition) is 5. The lowest BCUT2D eigenvalue weighted by atomic mass is 9.92. The molecule has 0 N–H and O–H groups in total. The maximum Gasteiger partial charge on any atom is 0.277 e. The molecule has 2 heterocycles. The van der Waals surface area contributed by atoms with Gasteiger partial charge in [0, 0.05) is 35.9 Å². The van der Waals surface area contributed by atoms with Gasteiger partial charge in [-0.2, -0.15) is 0 Å². The number of ether oxygens (including phenoxy) is 1. The van der Waals surface area contributed by atoms with Crippen LogP contribution in [0.3, 0.4) is 0 Å². The van der Waals surface area contributed by atoms with E-state index >= 15 is 0 Å². The summed E-state index contributed by atoms with van der Waals surface area (Å²) >= 11 is 0. The second-order valence-electron chi connectivity index (χ2n) is 7.51. The molecule has 29 heavy (non-hydrogen) atoms. The van der Waals surface area contributed by atoms with E-state index in [9.17, 15) is 9.18 Å². The Kier molecular flexibility index (Phi) is 6.87. The number of halogens is 1. The third kappa shape index (κ3) is 5.13. The predicted molar refractivity (Wildman–Crippen MR) is 111 cm³/mol. The van der Waals surface area contributed by atoms with Gasteiger partial charge >= 0.3 is 0 Å². The highest BCUT2D eigenvalue weighted by atomic mass is 19.1. The van der Waals surface area contributed by atoms with Crippen molar-refractivity contribution in [3.8, 4) is 5.88 Å². The number of rotatable bonds is 6.